The van der Waals surface area contributed by atoms with Crippen LogP contribution < -0.4 is 10.1 Å². The lowest BCUT2D eigenvalue weighted by atomic mass is 9.85. The van der Waals surface area contributed by atoms with E-state index in [1.807, 2.05) is 19.2 Å². The summed E-state index contributed by atoms with van der Waals surface area (Å²) in [6, 6.07) is 19.2. The third-order valence-electron chi connectivity index (χ3n) is 3.85. The Bertz CT molecular complexity index is 524. The van der Waals surface area contributed by atoms with Gasteiger partial charge in [0.1, 0.15) is 5.75 Å². The van der Waals surface area contributed by atoms with Crippen molar-refractivity contribution in [3.63, 3.8) is 0 Å². The fraction of sp³-hybridized carbons (Fsp3) is 0.333. The Kier molecular flexibility index (Phi) is 5.19. The minimum absolute atomic E-state index is 0.249. The topological polar surface area (TPSA) is 21.3 Å². The molecule has 2 aromatic carbocycles. The average Bonchev–Trinajstić information content (AvgIpc) is 2.53. The first kappa shape index (κ1) is 14.6. The molecule has 0 fully saturated rings. The van der Waals surface area contributed by atoms with Crippen LogP contribution in [0.25, 0.3) is 0 Å². The van der Waals surface area contributed by atoms with Crippen LogP contribution in [0.4, 0.5) is 0 Å². The van der Waals surface area contributed by atoms with Crippen LogP contribution in [0.2, 0.25) is 0 Å². The quantitative estimate of drug-likeness (QED) is 0.850. The number of likely N-dealkylation sites (N-methyl/N-ethyl adjacent to an activating group) is 1. The summed E-state index contributed by atoms with van der Waals surface area (Å²) >= 11 is 0. The van der Waals surface area contributed by atoms with Crippen molar-refractivity contribution in [1.82, 2.24) is 5.32 Å². The van der Waals surface area contributed by atoms with Crippen molar-refractivity contribution in [2.24, 2.45) is 0 Å². The molecule has 20 heavy (non-hydrogen) atoms. The number of nitrogens with one attached hydrogen (secondary N) is 1. The standard InChI is InChI=1S/C18H23NO/c1-4-15(14-10-6-5-7-11-14)18(19-2)16-12-8-9-13-17(16)20-3/h5-13,15,18-19H,4H2,1-3H3. The molecule has 2 heteroatoms. The molecule has 0 saturated carbocycles. The number of para-hydroxylation sites is 1. The highest BCUT2D eigenvalue weighted by atomic mass is 16.5. The smallest absolute Gasteiger partial charge is 0.123 e. The monoisotopic (exact) mass is 269 g/mol. The molecule has 0 aliphatic carbocycles. The van der Waals surface area contributed by atoms with Crippen molar-refractivity contribution >= 4 is 0 Å². The third kappa shape index (κ3) is 3.02. The predicted molar refractivity (Wildman–Crippen MR) is 84.3 cm³/mol. The van der Waals surface area contributed by atoms with Gasteiger partial charge in [0, 0.05) is 17.5 Å². The number of rotatable bonds is 6. The minimum Gasteiger partial charge on any atom is -0.496 e. The molecule has 0 saturated heterocycles. The fourth-order valence-corrected chi connectivity index (χ4v) is 2.86. The molecule has 106 valence electrons. The summed E-state index contributed by atoms with van der Waals surface area (Å²) in [6.07, 6.45) is 1.08. The zero-order valence-electron chi connectivity index (χ0n) is 12.5. The van der Waals surface area contributed by atoms with Gasteiger partial charge in [0.2, 0.25) is 0 Å². The molecule has 2 nitrogen and oxygen atoms in total. The van der Waals surface area contributed by atoms with Crippen LogP contribution in [0.1, 0.15) is 36.4 Å². The highest BCUT2D eigenvalue weighted by Gasteiger charge is 2.24. The second-order valence-corrected chi connectivity index (χ2v) is 4.93. The molecule has 0 bridgehead atoms. The van der Waals surface area contributed by atoms with Crippen LogP contribution in [0.3, 0.4) is 0 Å². The molecule has 0 aliphatic rings. The van der Waals surface area contributed by atoms with Crippen molar-refractivity contribution in [2.45, 2.75) is 25.3 Å². The van der Waals surface area contributed by atoms with Gasteiger partial charge < -0.3 is 10.1 Å². The SMILES string of the molecule is CCC(c1ccccc1)C(NC)c1ccccc1OC. The van der Waals surface area contributed by atoms with E-state index in [9.17, 15) is 0 Å². The number of benzene rings is 2. The minimum atomic E-state index is 0.249. The van der Waals surface area contributed by atoms with Crippen molar-refractivity contribution in [3.05, 3.63) is 65.7 Å². The zero-order valence-corrected chi connectivity index (χ0v) is 12.5. The van der Waals surface area contributed by atoms with E-state index in [1.165, 1.54) is 11.1 Å². The number of methoxy groups -OCH3 is 1. The Balaban J connectivity index is 2.39. The van der Waals surface area contributed by atoms with Crippen molar-refractivity contribution in [1.29, 1.82) is 0 Å². The van der Waals surface area contributed by atoms with Crippen LogP contribution >= 0.6 is 0 Å². The summed E-state index contributed by atoms with van der Waals surface area (Å²) in [5.41, 5.74) is 2.58. The second-order valence-electron chi connectivity index (χ2n) is 4.93. The Morgan fingerprint density at radius 2 is 1.65 bits per heavy atom. The number of hydrogen-bond acceptors (Lipinski definition) is 2. The van der Waals surface area contributed by atoms with Crippen molar-refractivity contribution in [3.8, 4) is 5.75 Å². The average molecular weight is 269 g/mol. The van der Waals surface area contributed by atoms with E-state index < -0.39 is 0 Å². The maximum Gasteiger partial charge on any atom is 0.123 e. The summed E-state index contributed by atoms with van der Waals surface area (Å²) in [4.78, 5) is 0. The molecule has 2 atom stereocenters. The van der Waals surface area contributed by atoms with Gasteiger partial charge >= 0.3 is 0 Å². The maximum absolute atomic E-state index is 5.52. The fourth-order valence-electron chi connectivity index (χ4n) is 2.86. The van der Waals surface area contributed by atoms with Gasteiger partial charge in [-0.2, -0.15) is 0 Å². The third-order valence-corrected chi connectivity index (χ3v) is 3.85. The number of ether oxygens (including phenoxy) is 1. The first-order valence-electron chi connectivity index (χ1n) is 7.17. The first-order chi connectivity index (χ1) is 9.81. The van der Waals surface area contributed by atoms with E-state index in [0.717, 1.165) is 12.2 Å². The summed E-state index contributed by atoms with van der Waals surface area (Å²) in [6.45, 7) is 2.23. The molecule has 2 unspecified atom stereocenters. The highest BCUT2D eigenvalue weighted by Crippen LogP contribution is 2.37. The van der Waals surface area contributed by atoms with Gasteiger partial charge in [0.05, 0.1) is 7.11 Å². The van der Waals surface area contributed by atoms with E-state index in [4.69, 9.17) is 4.74 Å². The molecule has 2 aromatic rings. The van der Waals surface area contributed by atoms with Gasteiger partial charge in [0.15, 0.2) is 0 Å². The maximum atomic E-state index is 5.52. The van der Waals surface area contributed by atoms with Crippen LogP contribution in [-0.4, -0.2) is 14.2 Å². The van der Waals surface area contributed by atoms with Crippen molar-refractivity contribution < 1.29 is 4.74 Å². The summed E-state index contributed by atoms with van der Waals surface area (Å²) in [5, 5.41) is 3.46. The van der Waals surface area contributed by atoms with Gasteiger partial charge in [-0.15, -0.1) is 0 Å². The van der Waals surface area contributed by atoms with Gasteiger partial charge in [-0.25, -0.2) is 0 Å². The molecule has 0 radical (unpaired) electrons. The lowest BCUT2D eigenvalue weighted by Crippen LogP contribution is -2.24. The lowest BCUT2D eigenvalue weighted by molar-refractivity contribution is 0.389. The Morgan fingerprint density at radius 3 is 2.25 bits per heavy atom. The van der Waals surface area contributed by atoms with Gasteiger partial charge in [-0.1, -0.05) is 55.5 Å². The normalized spacial score (nSPS) is 13.8. The Labute approximate surface area is 121 Å². The molecule has 0 aromatic heterocycles. The molecular weight excluding hydrogens is 246 g/mol. The van der Waals surface area contributed by atoms with Gasteiger partial charge in [0.25, 0.3) is 0 Å². The molecule has 0 spiro atoms. The predicted octanol–water partition coefficient (Wildman–Crippen LogP) is 4.15. The Hall–Kier alpha value is -1.80. The molecule has 0 aliphatic heterocycles. The van der Waals surface area contributed by atoms with Gasteiger partial charge in [-0.3, -0.25) is 0 Å². The van der Waals surface area contributed by atoms with Crippen LogP contribution in [0, 0.1) is 0 Å². The van der Waals surface area contributed by atoms with Crippen molar-refractivity contribution in [2.75, 3.05) is 14.2 Å². The molecule has 1 N–H and O–H groups in total. The lowest BCUT2D eigenvalue weighted by Gasteiger charge is -2.28. The number of hydrogen-bond donors (Lipinski definition) is 1. The van der Waals surface area contributed by atoms with E-state index in [1.54, 1.807) is 7.11 Å². The van der Waals surface area contributed by atoms with Crippen LogP contribution in [-0.2, 0) is 0 Å². The van der Waals surface area contributed by atoms with E-state index in [2.05, 4.69) is 54.7 Å². The summed E-state index contributed by atoms with van der Waals surface area (Å²) < 4.78 is 5.52. The summed E-state index contributed by atoms with van der Waals surface area (Å²) in [5.74, 6) is 1.37. The molecular formula is C18H23NO. The molecule has 0 amide bonds. The second kappa shape index (κ2) is 7.11. The highest BCUT2D eigenvalue weighted by molar-refractivity contribution is 5.38. The van der Waals surface area contributed by atoms with Crippen LogP contribution in [0.15, 0.2) is 54.6 Å². The molecule has 2 rings (SSSR count). The zero-order chi connectivity index (χ0) is 14.4. The summed E-state index contributed by atoms with van der Waals surface area (Å²) in [7, 11) is 3.75. The largest absolute Gasteiger partial charge is 0.496 e. The molecule has 0 heterocycles. The van der Waals surface area contributed by atoms with E-state index in [-0.39, 0.29) is 6.04 Å². The van der Waals surface area contributed by atoms with E-state index in [0.29, 0.717) is 5.92 Å². The first-order valence-corrected chi connectivity index (χ1v) is 7.17. The van der Waals surface area contributed by atoms with Gasteiger partial charge in [-0.05, 0) is 25.1 Å². The van der Waals surface area contributed by atoms with Crippen LogP contribution in [0.5, 0.6) is 5.75 Å². The Morgan fingerprint density at radius 1 is 1.00 bits per heavy atom. The van der Waals surface area contributed by atoms with E-state index >= 15 is 0 Å².